The van der Waals surface area contributed by atoms with Crippen molar-refractivity contribution in [3.05, 3.63) is 85.5 Å². The van der Waals surface area contributed by atoms with E-state index in [4.69, 9.17) is 0 Å². The number of carbonyl (C=O) groups is 1. The molecule has 8 nitrogen and oxygen atoms in total. The van der Waals surface area contributed by atoms with E-state index in [1.807, 2.05) is 48.0 Å². The van der Waals surface area contributed by atoms with Gasteiger partial charge in [0.05, 0.1) is 23.1 Å². The van der Waals surface area contributed by atoms with Crippen LogP contribution in [-0.2, 0) is 11.3 Å². The molecule has 1 amide bonds. The first-order chi connectivity index (χ1) is 15.7. The third-order valence-corrected chi connectivity index (χ3v) is 5.07. The fourth-order valence-electron chi connectivity index (χ4n) is 3.59. The van der Waals surface area contributed by atoms with Gasteiger partial charge in [-0.05, 0) is 43.3 Å². The lowest BCUT2D eigenvalue weighted by Gasteiger charge is -2.08. The van der Waals surface area contributed by atoms with Crippen molar-refractivity contribution in [1.29, 1.82) is 0 Å². The molecule has 1 N–H and O–H groups in total. The minimum Gasteiger partial charge on any atom is -0.338 e. The lowest BCUT2D eigenvalue weighted by Crippen LogP contribution is -2.18. The van der Waals surface area contributed by atoms with E-state index in [-0.39, 0.29) is 12.5 Å². The van der Waals surface area contributed by atoms with Crippen molar-refractivity contribution in [2.45, 2.75) is 13.5 Å². The van der Waals surface area contributed by atoms with Crippen molar-refractivity contribution in [2.75, 3.05) is 5.32 Å². The maximum atomic E-state index is 12.7. The van der Waals surface area contributed by atoms with Gasteiger partial charge in [-0.25, -0.2) is 4.98 Å². The van der Waals surface area contributed by atoms with E-state index >= 15 is 0 Å². The predicted octanol–water partition coefficient (Wildman–Crippen LogP) is 3.90. The molecule has 0 fully saturated rings. The van der Waals surface area contributed by atoms with Gasteiger partial charge < -0.3 is 9.88 Å². The Morgan fingerprint density at radius 3 is 2.59 bits per heavy atom. The van der Waals surface area contributed by atoms with E-state index in [9.17, 15) is 4.79 Å². The average molecular weight is 421 g/mol. The molecule has 5 rings (SSSR count). The number of nitrogens with zero attached hydrogens (tertiary/aromatic N) is 6. The summed E-state index contributed by atoms with van der Waals surface area (Å²) in [7, 11) is 0. The number of hydrogen-bond donors (Lipinski definition) is 1. The topological polar surface area (TPSA) is 98.5 Å². The summed E-state index contributed by atoms with van der Waals surface area (Å²) in [6.45, 7) is 2.11. The van der Waals surface area contributed by atoms with Crippen molar-refractivity contribution >= 4 is 22.6 Å². The molecule has 0 spiro atoms. The van der Waals surface area contributed by atoms with Crippen molar-refractivity contribution in [3.63, 3.8) is 0 Å². The number of aryl methyl sites for hydroxylation is 1. The van der Waals surface area contributed by atoms with Crippen LogP contribution in [0.5, 0.6) is 0 Å². The van der Waals surface area contributed by atoms with Crippen LogP contribution in [0.3, 0.4) is 0 Å². The number of carbonyl (C=O) groups excluding carboxylic acids is 1. The Bertz CT molecular complexity index is 1400. The molecule has 5 aromatic rings. The molecule has 5 aromatic heterocycles. The van der Waals surface area contributed by atoms with Crippen LogP contribution in [0.4, 0.5) is 5.82 Å². The van der Waals surface area contributed by atoms with E-state index in [0.29, 0.717) is 5.82 Å². The quantitative estimate of drug-likeness (QED) is 0.462. The second-order valence-electron chi connectivity index (χ2n) is 7.29. The van der Waals surface area contributed by atoms with Crippen LogP contribution in [0.25, 0.3) is 33.4 Å². The third kappa shape index (κ3) is 3.93. The summed E-state index contributed by atoms with van der Waals surface area (Å²) in [6.07, 6.45) is 12.0. The Kier molecular flexibility index (Phi) is 5.09. The molecular formula is C24H19N7O. The Morgan fingerprint density at radius 1 is 0.906 bits per heavy atom. The van der Waals surface area contributed by atoms with Gasteiger partial charge >= 0.3 is 0 Å². The van der Waals surface area contributed by atoms with Crippen LogP contribution in [0, 0.1) is 6.92 Å². The second kappa shape index (κ2) is 8.35. The van der Waals surface area contributed by atoms with E-state index in [2.05, 4.69) is 30.2 Å². The maximum absolute atomic E-state index is 12.7. The van der Waals surface area contributed by atoms with Gasteiger partial charge in [0, 0.05) is 59.4 Å². The summed E-state index contributed by atoms with van der Waals surface area (Å²) in [5.74, 6) is 0.314. The van der Waals surface area contributed by atoms with Crippen LogP contribution in [-0.4, -0.2) is 35.4 Å². The Labute approximate surface area is 184 Å². The van der Waals surface area contributed by atoms with E-state index in [1.165, 1.54) is 0 Å². The highest BCUT2D eigenvalue weighted by Gasteiger charge is 2.12. The molecule has 0 atom stereocenters. The predicted molar refractivity (Wildman–Crippen MR) is 122 cm³/mol. The van der Waals surface area contributed by atoms with Crippen molar-refractivity contribution in [2.24, 2.45) is 0 Å². The summed E-state index contributed by atoms with van der Waals surface area (Å²) in [5, 5.41) is 3.83. The number of pyridine rings is 3. The summed E-state index contributed by atoms with van der Waals surface area (Å²) >= 11 is 0. The monoisotopic (exact) mass is 421 g/mol. The molecule has 5 heterocycles. The van der Waals surface area contributed by atoms with Gasteiger partial charge in [-0.1, -0.05) is 0 Å². The van der Waals surface area contributed by atoms with Crippen molar-refractivity contribution in [1.82, 2.24) is 29.5 Å². The maximum Gasteiger partial charge on any atom is 0.245 e. The Balaban J connectivity index is 1.34. The van der Waals surface area contributed by atoms with E-state index < -0.39 is 0 Å². The second-order valence-corrected chi connectivity index (χ2v) is 7.29. The fourth-order valence-corrected chi connectivity index (χ4v) is 3.59. The van der Waals surface area contributed by atoms with Gasteiger partial charge in [0.15, 0.2) is 0 Å². The molecule has 0 saturated carbocycles. The number of amides is 1. The third-order valence-electron chi connectivity index (χ3n) is 5.07. The average Bonchev–Trinajstić information content (AvgIpc) is 3.23. The lowest BCUT2D eigenvalue weighted by atomic mass is 10.1. The van der Waals surface area contributed by atoms with Gasteiger partial charge in [-0.3, -0.25) is 24.7 Å². The molecule has 0 aromatic carbocycles. The molecule has 156 valence electrons. The summed E-state index contributed by atoms with van der Waals surface area (Å²) in [5.41, 5.74) is 5.29. The van der Waals surface area contributed by atoms with Gasteiger partial charge in [-0.15, -0.1) is 0 Å². The molecule has 8 heteroatoms. The molecule has 32 heavy (non-hydrogen) atoms. The van der Waals surface area contributed by atoms with Crippen LogP contribution in [0.1, 0.15) is 5.69 Å². The van der Waals surface area contributed by atoms with Crippen molar-refractivity contribution in [3.8, 4) is 22.5 Å². The molecular weight excluding hydrogens is 402 g/mol. The highest BCUT2D eigenvalue weighted by Crippen LogP contribution is 2.27. The molecule has 0 radical (unpaired) electrons. The Morgan fingerprint density at radius 2 is 1.81 bits per heavy atom. The Hall–Kier alpha value is -4.46. The van der Waals surface area contributed by atoms with Gasteiger partial charge in [0.25, 0.3) is 0 Å². The normalized spacial score (nSPS) is 10.9. The highest BCUT2D eigenvalue weighted by atomic mass is 16.2. The summed E-state index contributed by atoms with van der Waals surface area (Å²) < 4.78 is 1.90. The van der Waals surface area contributed by atoms with Crippen LogP contribution in [0.2, 0.25) is 0 Å². The lowest BCUT2D eigenvalue weighted by molar-refractivity contribution is -0.116. The minimum atomic E-state index is -0.166. The highest BCUT2D eigenvalue weighted by molar-refractivity contribution is 5.95. The van der Waals surface area contributed by atoms with Crippen LogP contribution in [0.15, 0.2) is 79.8 Å². The molecule has 0 aliphatic rings. The zero-order chi connectivity index (χ0) is 21.9. The smallest absolute Gasteiger partial charge is 0.245 e. The largest absolute Gasteiger partial charge is 0.338 e. The summed E-state index contributed by atoms with van der Waals surface area (Å²) in [4.78, 5) is 34.1. The van der Waals surface area contributed by atoms with Crippen LogP contribution >= 0.6 is 0 Å². The zero-order valence-electron chi connectivity index (χ0n) is 17.3. The molecule has 0 aliphatic carbocycles. The number of nitrogens with one attached hydrogen (secondary N) is 1. The minimum absolute atomic E-state index is 0.163. The molecule has 0 bridgehead atoms. The van der Waals surface area contributed by atoms with E-state index in [0.717, 1.165) is 39.1 Å². The summed E-state index contributed by atoms with van der Waals surface area (Å²) in [6, 6.07) is 11.4. The zero-order valence-corrected chi connectivity index (χ0v) is 17.3. The molecule has 0 saturated heterocycles. The molecule has 0 unspecified atom stereocenters. The van der Waals surface area contributed by atoms with Gasteiger partial charge in [0.2, 0.25) is 5.91 Å². The number of hydrogen-bond acceptors (Lipinski definition) is 6. The fraction of sp³-hybridized carbons (Fsp3) is 0.0833. The first-order valence-electron chi connectivity index (χ1n) is 10.1. The number of aromatic nitrogens is 6. The number of rotatable bonds is 5. The molecule has 0 aliphatic heterocycles. The van der Waals surface area contributed by atoms with Gasteiger partial charge in [0.1, 0.15) is 12.4 Å². The van der Waals surface area contributed by atoms with Crippen LogP contribution < -0.4 is 5.32 Å². The van der Waals surface area contributed by atoms with Crippen molar-refractivity contribution < 1.29 is 4.79 Å². The van der Waals surface area contributed by atoms with Gasteiger partial charge in [-0.2, -0.15) is 0 Å². The number of anilines is 1. The first-order valence-corrected chi connectivity index (χ1v) is 10.1. The number of fused-ring (bicyclic) bond motifs is 1. The SMILES string of the molecule is Cc1cc(-c2nccc3c2ccn3CC(=O)Nc2ccc(-c3cnccn3)cn2)ccn1. The standard InChI is InChI=1S/C24H19N7O/c1-16-12-17(4-7-26-16)24-19-6-11-31(21(19)5-8-28-24)15-23(32)30-22-3-2-18(13-29-22)20-14-25-9-10-27-20/h2-14H,15H2,1H3,(H,29,30,32). The first kappa shape index (κ1) is 19.5. The van der Waals surface area contributed by atoms with E-state index in [1.54, 1.807) is 43.2 Å².